The van der Waals surface area contributed by atoms with E-state index in [1.165, 1.54) is 17.8 Å². The highest BCUT2D eigenvalue weighted by Gasteiger charge is 2.55. The van der Waals surface area contributed by atoms with Crippen molar-refractivity contribution in [2.24, 2.45) is 5.73 Å². The Morgan fingerprint density at radius 1 is 1.58 bits per heavy atom. The first-order chi connectivity index (χ1) is 11.3. The third-order valence-electron chi connectivity index (χ3n) is 4.02. The largest absolute Gasteiger partial charge is 0.391 e. The molecule has 7 N–H and O–H groups in total. The third-order valence-corrected chi connectivity index (χ3v) is 4.31. The second-order valence-corrected chi connectivity index (χ2v) is 6.13. The minimum Gasteiger partial charge on any atom is -0.391 e. The van der Waals surface area contributed by atoms with Crippen LogP contribution in [-0.2, 0) is 4.74 Å². The summed E-state index contributed by atoms with van der Waals surface area (Å²) in [6.07, 6.45) is -2.53. The van der Waals surface area contributed by atoms with Crippen LogP contribution in [-0.4, -0.2) is 53.6 Å². The molecule has 128 valence electrons. The first-order valence-corrected chi connectivity index (χ1v) is 7.67. The number of ether oxygens (including phenoxy) is 1. The summed E-state index contributed by atoms with van der Waals surface area (Å²) in [5.74, 6) is 5.60. The fraction of sp³-hybridized carbons (Fsp3) is 0.500. The number of aromatic amines is 1. The van der Waals surface area contributed by atoms with Gasteiger partial charge in [-0.1, -0.05) is 18.1 Å². The van der Waals surface area contributed by atoms with E-state index in [1.54, 1.807) is 6.92 Å². The van der Waals surface area contributed by atoms with Gasteiger partial charge in [-0.3, -0.25) is 4.57 Å². The number of H-pyrrole nitrogens is 1. The number of anilines is 1. The molecule has 5 atom stereocenters. The molecule has 1 unspecified atom stereocenters. The number of fused-ring (bicyclic) bond motifs is 1. The lowest BCUT2D eigenvalue weighted by molar-refractivity contribution is -0.0756. The SMILES string of the molecule is CC#CC1(N)[C@@H](O)[C@@H]([C@@H](C)O)O[C@H]1n1cnc2c(=S)[nH]c(N)nc21. The number of aliphatic hydroxyl groups excluding tert-OH is 2. The van der Waals surface area contributed by atoms with E-state index < -0.39 is 30.1 Å². The molecule has 1 aliphatic rings. The monoisotopic (exact) mass is 350 g/mol. The fourth-order valence-electron chi connectivity index (χ4n) is 2.89. The van der Waals surface area contributed by atoms with Gasteiger partial charge in [-0.25, -0.2) is 4.98 Å². The van der Waals surface area contributed by atoms with Crippen molar-refractivity contribution < 1.29 is 14.9 Å². The molecule has 0 aromatic carbocycles. The van der Waals surface area contributed by atoms with Crippen LogP contribution in [0.4, 0.5) is 5.95 Å². The van der Waals surface area contributed by atoms with Gasteiger partial charge in [0.05, 0.1) is 12.4 Å². The van der Waals surface area contributed by atoms with Crippen LogP contribution in [0.15, 0.2) is 6.33 Å². The van der Waals surface area contributed by atoms with Crippen LogP contribution < -0.4 is 11.5 Å². The molecule has 2 aromatic heterocycles. The van der Waals surface area contributed by atoms with Crippen LogP contribution in [0.5, 0.6) is 0 Å². The number of hydrogen-bond donors (Lipinski definition) is 5. The van der Waals surface area contributed by atoms with Gasteiger partial charge >= 0.3 is 0 Å². The van der Waals surface area contributed by atoms with Crippen molar-refractivity contribution in [3.63, 3.8) is 0 Å². The maximum atomic E-state index is 10.5. The van der Waals surface area contributed by atoms with Gasteiger partial charge in [0.1, 0.15) is 22.4 Å². The second-order valence-electron chi connectivity index (χ2n) is 5.72. The Morgan fingerprint density at radius 2 is 2.29 bits per heavy atom. The Bertz CT molecular complexity index is 897. The molecule has 9 nitrogen and oxygen atoms in total. The number of nitrogens with zero attached hydrogens (tertiary/aromatic N) is 3. The fourth-order valence-corrected chi connectivity index (χ4v) is 3.14. The Labute approximate surface area is 142 Å². The molecular formula is C14H18N6O3S. The summed E-state index contributed by atoms with van der Waals surface area (Å²) in [6, 6.07) is 0. The number of nitrogens with one attached hydrogen (secondary N) is 1. The highest BCUT2D eigenvalue weighted by molar-refractivity contribution is 7.71. The van der Waals surface area contributed by atoms with Crippen molar-refractivity contribution in [2.75, 3.05) is 5.73 Å². The van der Waals surface area contributed by atoms with Gasteiger partial charge in [0.15, 0.2) is 17.4 Å². The maximum absolute atomic E-state index is 10.5. The molecule has 3 rings (SSSR count). The summed E-state index contributed by atoms with van der Waals surface area (Å²) in [5.41, 5.74) is 11.4. The highest BCUT2D eigenvalue weighted by Crippen LogP contribution is 2.39. The smallest absolute Gasteiger partial charge is 0.200 e. The third kappa shape index (κ3) is 2.38. The van der Waals surface area contributed by atoms with Crippen molar-refractivity contribution in [2.45, 2.75) is 43.9 Å². The summed E-state index contributed by atoms with van der Waals surface area (Å²) >= 11 is 5.18. The molecule has 0 radical (unpaired) electrons. The molecule has 0 aliphatic carbocycles. The molecule has 24 heavy (non-hydrogen) atoms. The molecular weight excluding hydrogens is 332 g/mol. The van der Waals surface area contributed by atoms with Crippen LogP contribution in [0.25, 0.3) is 11.2 Å². The van der Waals surface area contributed by atoms with Gasteiger partial charge in [0.25, 0.3) is 0 Å². The van der Waals surface area contributed by atoms with E-state index in [-0.39, 0.29) is 5.95 Å². The predicted molar refractivity (Wildman–Crippen MR) is 89.1 cm³/mol. The molecule has 0 spiro atoms. The second kappa shape index (κ2) is 5.80. The first-order valence-electron chi connectivity index (χ1n) is 7.26. The van der Waals surface area contributed by atoms with Crippen molar-refractivity contribution >= 4 is 29.3 Å². The zero-order valence-electron chi connectivity index (χ0n) is 13.1. The average molecular weight is 350 g/mol. The first kappa shape index (κ1) is 16.8. The lowest BCUT2D eigenvalue weighted by Crippen LogP contribution is -2.54. The number of imidazole rings is 1. The van der Waals surface area contributed by atoms with Crippen molar-refractivity contribution in [3.8, 4) is 11.8 Å². The number of nitrogens with two attached hydrogens (primary N) is 2. The van der Waals surface area contributed by atoms with Gasteiger partial charge < -0.3 is 31.4 Å². The van der Waals surface area contributed by atoms with Crippen LogP contribution >= 0.6 is 12.2 Å². The van der Waals surface area contributed by atoms with E-state index in [2.05, 4.69) is 26.8 Å². The van der Waals surface area contributed by atoms with E-state index in [1.807, 2.05) is 0 Å². The van der Waals surface area contributed by atoms with Crippen LogP contribution in [0, 0.1) is 16.5 Å². The standard InChI is InChI=1S/C14H18N6O3S/c1-3-4-14(16)9(22)8(6(2)21)23-12(14)20-5-17-7-10(20)18-13(15)19-11(7)24/h5-6,8-9,12,21-22H,16H2,1-2H3,(H3,15,18,19,24)/t6-,8-,9+,12-,14?/m1/s1. The van der Waals surface area contributed by atoms with Crippen LogP contribution in [0.1, 0.15) is 20.1 Å². The number of nitrogen functional groups attached to an aromatic ring is 1. The Balaban J connectivity index is 2.20. The molecule has 10 heteroatoms. The van der Waals surface area contributed by atoms with Crippen molar-refractivity contribution in [1.82, 2.24) is 19.5 Å². The Hall–Kier alpha value is -2.03. The quantitative estimate of drug-likeness (QED) is 0.357. The predicted octanol–water partition coefficient (Wildman–Crippen LogP) is -0.569. The number of aliphatic hydroxyl groups is 2. The lowest BCUT2D eigenvalue weighted by atomic mass is 9.90. The molecule has 0 bridgehead atoms. The number of aromatic nitrogens is 4. The van der Waals surface area contributed by atoms with Gasteiger partial charge in [-0.15, -0.1) is 5.92 Å². The molecule has 0 amide bonds. The minimum atomic E-state index is -1.46. The summed E-state index contributed by atoms with van der Waals surface area (Å²) in [4.78, 5) is 11.1. The average Bonchev–Trinajstić information content (AvgIpc) is 3.00. The summed E-state index contributed by atoms with van der Waals surface area (Å²) in [5, 5.41) is 20.4. The molecule has 3 heterocycles. The summed E-state index contributed by atoms with van der Waals surface area (Å²) in [7, 11) is 0. The lowest BCUT2D eigenvalue weighted by Gasteiger charge is -2.27. The van der Waals surface area contributed by atoms with Gasteiger partial charge in [-0.05, 0) is 13.8 Å². The van der Waals surface area contributed by atoms with E-state index in [9.17, 15) is 10.2 Å². The minimum absolute atomic E-state index is 0.115. The van der Waals surface area contributed by atoms with Crippen molar-refractivity contribution in [3.05, 3.63) is 11.0 Å². The van der Waals surface area contributed by atoms with Gasteiger partial charge in [0.2, 0.25) is 5.95 Å². The van der Waals surface area contributed by atoms with Gasteiger partial charge in [-0.2, -0.15) is 4.98 Å². The topological polar surface area (TPSA) is 148 Å². The molecule has 1 fully saturated rings. The van der Waals surface area contributed by atoms with Crippen LogP contribution in [0.3, 0.4) is 0 Å². The zero-order valence-corrected chi connectivity index (χ0v) is 13.9. The maximum Gasteiger partial charge on any atom is 0.200 e. The molecule has 1 saturated heterocycles. The zero-order chi connectivity index (χ0) is 17.6. The van der Waals surface area contributed by atoms with E-state index in [0.717, 1.165) is 0 Å². The summed E-state index contributed by atoms with van der Waals surface area (Å²) < 4.78 is 7.65. The summed E-state index contributed by atoms with van der Waals surface area (Å²) in [6.45, 7) is 3.11. The molecule has 2 aromatic rings. The van der Waals surface area contributed by atoms with Crippen molar-refractivity contribution in [1.29, 1.82) is 0 Å². The Morgan fingerprint density at radius 3 is 2.92 bits per heavy atom. The number of rotatable bonds is 2. The number of hydrogen-bond acceptors (Lipinski definition) is 8. The van der Waals surface area contributed by atoms with E-state index in [0.29, 0.717) is 15.8 Å². The van der Waals surface area contributed by atoms with Crippen LogP contribution in [0.2, 0.25) is 0 Å². The van der Waals surface area contributed by atoms with E-state index >= 15 is 0 Å². The van der Waals surface area contributed by atoms with Gasteiger partial charge in [0, 0.05) is 0 Å². The molecule has 0 saturated carbocycles. The molecule has 1 aliphatic heterocycles. The normalized spacial score (nSPS) is 31.0. The highest BCUT2D eigenvalue weighted by atomic mass is 32.1. The Kier molecular flexibility index (Phi) is 4.06. The van der Waals surface area contributed by atoms with E-state index in [4.69, 9.17) is 28.4 Å².